The molecule has 1 unspecified atom stereocenters. The zero-order valence-corrected chi connectivity index (χ0v) is 16.0. The van der Waals surface area contributed by atoms with E-state index < -0.39 is 5.60 Å². The van der Waals surface area contributed by atoms with Crippen molar-refractivity contribution in [3.05, 3.63) is 69.2 Å². The second-order valence-electron chi connectivity index (χ2n) is 7.39. The Kier molecular flexibility index (Phi) is 4.91. The quantitative estimate of drug-likeness (QED) is 0.663. The molecule has 1 heterocycles. The van der Waals surface area contributed by atoms with Crippen molar-refractivity contribution in [1.82, 2.24) is 0 Å². The van der Waals surface area contributed by atoms with E-state index in [0.717, 1.165) is 29.7 Å². The maximum atomic E-state index is 9.59. The number of halogens is 1. The highest BCUT2D eigenvalue weighted by atomic mass is 35.5. The summed E-state index contributed by atoms with van der Waals surface area (Å²) in [5, 5.41) is 10.2. The largest absolute Gasteiger partial charge is 0.365 e. The molecule has 1 aliphatic heterocycles. The van der Waals surface area contributed by atoms with Crippen LogP contribution in [0, 0.1) is 11.3 Å². The zero-order chi connectivity index (χ0) is 18.2. The van der Waals surface area contributed by atoms with Crippen LogP contribution in [0.25, 0.3) is 0 Å². The first-order valence-electron chi connectivity index (χ1n) is 8.87. The maximum absolute atomic E-state index is 9.59. The summed E-state index contributed by atoms with van der Waals surface area (Å²) in [7, 11) is 0. The number of benzene rings is 2. The molecule has 0 N–H and O–H groups in total. The van der Waals surface area contributed by atoms with Crippen LogP contribution < -0.4 is 0 Å². The van der Waals surface area contributed by atoms with E-state index in [1.54, 1.807) is 0 Å². The van der Waals surface area contributed by atoms with E-state index in [1.807, 2.05) is 12.1 Å². The van der Waals surface area contributed by atoms with Crippen molar-refractivity contribution in [2.75, 3.05) is 6.61 Å². The van der Waals surface area contributed by atoms with Gasteiger partial charge in [-0.2, -0.15) is 5.26 Å². The number of nitriles is 1. The van der Waals surface area contributed by atoms with E-state index in [4.69, 9.17) is 16.3 Å². The minimum atomic E-state index is -0.486. The molecule has 1 fully saturated rings. The molecule has 1 aliphatic rings. The Labute approximate surface area is 155 Å². The lowest BCUT2D eigenvalue weighted by Gasteiger charge is -2.43. The molecule has 2 aromatic rings. The molecule has 1 saturated heterocycles. The predicted octanol–water partition coefficient (Wildman–Crippen LogP) is 6.12. The van der Waals surface area contributed by atoms with Crippen molar-refractivity contribution in [2.45, 2.75) is 51.6 Å². The molecule has 0 radical (unpaired) electrons. The summed E-state index contributed by atoms with van der Waals surface area (Å²) in [5.41, 5.74) is 4.48. The lowest BCUT2D eigenvalue weighted by atomic mass is 9.78. The van der Waals surface area contributed by atoms with Crippen LogP contribution in [0.5, 0.6) is 0 Å². The third-order valence-electron chi connectivity index (χ3n) is 5.14. The highest BCUT2D eigenvalue weighted by molar-refractivity contribution is 6.31. The molecule has 1 atom stereocenters. The van der Waals surface area contributed by atoms with Crippen LogP contribution in [0.1, 0.15) is 73.8 Å². The minimum Gasteiger partial charge on any atom is -0.365 e. The standard InChI is InChI=1S/C22H24ClNO/c1-14(2)16-5-7-18(8-6-16)22(9-10-25-22)19-11-17(13-24)21(15(3)4)20(23)12-19/h5-8,11-12,14-15H,9-10H2,1-4H3. The molecule has 2 aromatic carbocycles. The van der Waals surface area contributed by atoms with E-state index >= 15 is 0 Å². The average molecular weight is 354 g/mol. The van der Waals surface area contributed by atoms with E-state index in [-0.39, 0.29) is 5.92 Å². The number of hydrogen-bond donors (Lipinski definition) is 0. The lowest BCUT2D eigenvalue weighted by Crippen LogP contribution is -2.42. The summed E-state index contributed by atoms with van der Waals surface area (Å²) in [6.07, 6.45) is 0.899. The Bertz CT molecular complexity index is 811. The van der Waals surface area contributed by atoms with Crippen molar-refractivity contribution in [1.29, 1.82) is 5.26 Å². The summed E-state index contributed by atoms with van der Waals surface area (Å²) in [6, 6.07) is 14.9. The van der Waals surface area contributed by atoms with Gasteiger partial charge in [-0.05, 0) is 46.2 Å². The van der Waals surface area contributed by atoms with Gasteiger partial charge in [0.1, 0.15) is 5.60 Å². The lowest BCUT2D eigenvalue weighted by molar-refractivity contribution is -0.123. The third kappa shape index (κ3) is 3.08. The molecule has 0 amide bonds. The molecule has 3 rings (SSSR count). The van der Waals surface area contributed by atoms with Crippen LogP contribution in [0.15, 0.2) is 36.4 Å². The number of hydrogen-bond acceptors (Lipinski definition) is 2. The molecule has 130 valence electrons. The van der Waals surface area contributed by atoms with E-state index in [1.165, 1.54) is 5.56 Å². The monoisotopic (exact) mass is 353 g/mol. The SMILES string of the molecule is CC(C)c1ccc(C2(c3cc(Cl)c(C(C)C)c(C#N)c3)CCO2)cc1. The summed E-state index contributed by atoms with van der Waals surface area (Å²) in [4.78, 5) is 0. The Balaban J connectivity index is 2.09. The fourth-order valence-electron chi connectivity index (χ4n) is 3.60. The third-order valence-corrected chi connectivity index (χ3v) is 5.45. The van der Waals surface area contributed by atoms with E-state index in [0.29, 0.717) is 16.5 Å². The molecular formula is C22H24ClNO. The summed E-state index contributed by atoms with van der Waals surface area (Å²) in [6.45, 7) is 9.21. The maximum Gasteiger partial charge on any atom is 0.120 e. The molecule has 0 bridgehead atoms. The van der Waals surface area contributed by atoms with Gasteiger partial charge in [0.05, 0.1) is 18.2 Å². The van der Waals surface area contributed by atoms with Crippen LogP contribution in [-0.4, -0.2) is 6.61 Å². The van der Waals surface area contributed by atoms with E-state index in [9.17, 15) is 5.26 Å². The number of rotatable bonds is 4. The van der Waals surface area contributed by atoms with Crippen molar-refractivity contribution in [3.8, 4) is 6.07 Å². The second-order valence-corrected chi connectivity index (χ2v) is 7.80. The molecule has 0 saturated carbocycles. The Morgan fingerprint density at radius 2 is 1.68 bits per heavy atom. The second kappa shape index (κ2) is 6.83. The summed E-state index contributed by atoms with van der Waals surface area (Å²) < 4.78 is 6.08. The van der Waals surface area contributed by atoms with Gasteiger partial charge in [0.15, 0.2) is 0 Å². The minimum absolute atomic E-state index is 0.208. The van der Waals surface area contributed by atoms with E-state index in [2.05, 4.69) is 58.0 Å². The predicted molar refractivity (Wildman–Crippen MR) is 102 cm³/mol. The van der Waals surface area contributed by atoms with Crippen molar-refractivity contribution in [2.24, 2.45) is 0 Å². The molecule has 25 heavy (non-hydrogen) atoms. The van der Waals surface area contributed by atoms with Gasteiger partial charge in [-0.3, -0.25) is 0 Å². The molecule has 0 aromatic heterocycles. The highest BCUT2D eigenvalue weighted by Gasteiger charge is 2.42. The van der Waals surface area contributed by atoms with Gasteiger partial charge >= 0.3 is 0 Å². The van der Waals surface area contributed by atoms with Crippen molar-refractivity contribution < 1.29 is 4.74 Å². The van der Waals surface area contributed by atoms with Gasteiger partial charge in [0, 0.05) is 11.4 Å². The van der Waals surface area contributed by atoms with Gasteiger partial charge in [-0.15, -0.1) is 0 Å². The van der Waals surface area contributed by atoms with Crippen LogP contribution >= 0.6 is 11.6 Å². The molecule has 0 spiro atoms. The van der Waals surface area contributed by atoms with Crippen LogP contribution in [0.3, 0.4) is 0 Å². The topological polar surface area (TPSA) is 33.0 Å². The Morgan fingerprint density at radius 3 is 2.12 bits per heavy atom. The molecular weight excluding hydrogens is 330 g/mol. The number of nitrogens with zero attached hydrogens (tertiary/aromatic N) is 1. The van der Waals surface area contributed by atoms with Gasteiger partial charge in [-0.1, -0.05) is 63.6 Å². The van der Waals surface area contributed by atoms with Crippen LogP contribution in [0.2, 0.25) is 5.02 Å². The fourth-order valence-corrected chi connectivity index (χ4v) is 4.03. The van der Waals surface area contributed by atoms with Crippen LogP contribution in [0.4, 0.5) is 0 Å². The normalized spacial score (nSPS) is 19.8. The summed E-state index contributed by atoms with van der Waals surface area (Å²) >= 11 is 6.54. The highest BCUT2D eigenvalue weighted by Crippen LogP contribution is 2.46. The fraction of sp³-hybridized carbons (Fsp3) is 0.409. The van der Waals surface area contributed by atoms with Gasteiger partial charge in [0.2, 0.25) is 0 Å². The van der Waals surface area contributed by atoms with Crippen molar-refractivity contribution in [3.63, 3.8) is 0 Å². The molecule has 2 nitrogen and oxygen atoms in total. The first-order valence-corrected chi connectivity index (χ1v) is 9.25. The average Bonchev–Trinajstić information content (AvgIpc) is 2.53. The first-order chi connectivity index (χ1) is 11.9. The Morgan fingerprint density at radius 1 is 1.04 bits per heavy atom. The zero-order valence-electron chi connectivity index (χ0n) is 15.3. The number of ether oxygens (including phenoxy) is 1. The van der Waals surface area contributed by atoms with Crippen molar-refractivity contribution >= 4 is 11.6 Å². The smallest absolute Gasteiger partial charge is 0.120 e. The van der Waals surface area contributed by atoms with Gasteiger partial charge < -0.3 is 4.74 Å². The van der Waals surface area contributed by atoms with Gasteiger partial charge in [-0.25, -0.2) is 0 Å². The molecule has 0 aliphatic carbocycles. The van der Waals surface area contributed by atoms with Crippen LogP contribution in [-0.2, 0) is 10.3 Å². The van der Waals surface area contributed by atoms with Gasteiger partial charge in [0.25, 0.3) is 0 Å². The molecule has 3 heteroatoms. The first kappa shape index (κ1) is 18.0. The Hall–Kier alpha value is -1.82. The summed E-state index contributed by atoms with van der Waals surface area (Å²) in [5.74, 6) is 0.706.